The van der Waals surface area contributed by atoms with Gasteiger partial charge in [-0.05, 0) is 37.3 Å². The number of benzene rings is 2. The summed E-state index contributed by atoms with van der Waals surface area (Å²) < 4.78 is 66.4. The van der Waals surface area contributed by atoms with Gasteiger partial charge in [-0.3, -0.25) is 4.90 Å². The quantitative estimate of drug-likeness (QED) is 0.575. The molecule has 1 aliphatic heterocycles. The molecule has 4 rings (SSSR count). The number of allylic oxidation sites excluding steroid dienone is 2. The van der Waals surface area contributed by atoms with Gasteiger partial charge >= 0.3 is 6.18 Å². The number of halogens is 3. The van der Waals surface area contributed by atoms with Crippen LogP contribution in [0, 0.1) is 22.7 Å². The summed E-state index contributed by atoms with van der Waals surface area (Å²) in [5.41, 5.74) is 5.42. The number of rotatable bonds is 3. The molecule has 178 valence electrons. The van der Waals surface area contributed by atoms with E-state index in [1.807, 2.05) is 12.1 Å². The summed E-state index contributed by atoms with van der Waals surface area (Å²) in [7, 11) is -3.86. The molecule has 0 radical (unpaired) electrons. The zero-order chi connectivity index (χ0) is 25.7. The van der Waals surface area contributed by atoms with Crippen LogP contribution >= 0.6 is 0 Å². The average Bonchev–Trinajstić information content (AvgIpc) is 3.17. The zero-order valence-electron chi connectivity index (χ0n) is 18.2. The number of fused-ring (bicyclic) bond motifs is 1. The van der Waals surface area contributed by atoms with Crippen LogP contribution in [-0.2, 0) is 16.0 Å². The summed E-state index contributed by atoms with van der Waals surface area (Å²) in [6.45, 7) is 1.50. The maximum Gasteiger partial charge on any atom is 0.416 e. The molecule has 1 aromatic heterocycles. The number of nitrogens with two attached hydrogens (primary N) is 1. The number of nitrogens with zero attached hydrogens (tertiary/aromatic N) is 6. The summed E-state index contributed by atoms with van der Waals surface area (Å²) >= 11 is 0. The molecule has 35 heavy (non-hydrogen) atoms. The predicted molar refractivity (Wildman–Crippen MR) is 119 cm³/mol. The molecule has 3 aromatic rings. The van der Waals surface area contributed by atoms with Crippen molar-refractivity contribution in [3.05, 3.63) is 70.4 Å². The Bertz CT molecular complexity index is 1580. The van der Waals surface area contributed by atoms with Gasteiger partial charge in [-0.1, -0.05) is 12.1 Å². The van der Waals surface area contributed by atoms with Crippen LogP contribution in [0.3, 0.4) is 0 Å². The average molecular weight is 499 g/mol. The lowest BCUT2D eigenvalue weighted by Crippen LogP contribution is -2.31. The minimum absolute atomic E-state index is 0.00728. The Morgan fingerprint density at radius 3 is 2.43 bits per heavy atom. The van der Waals surface area contributed by atoms with Gasteiger partial charge in [-0.2, -0.15) is 28.7 Å². The Hall–Kier alpha value is -4.36. The molecular formula is C22H16F3N7O2S. The van der Waals surface area contributed by atoms with Gasteiger partial charge in [0.25, 0.3) is 0 Å². The van der Waals surface area contributed by atoms with E-state index in [0.717, 1.165) is 18.4 Å². The van der Waals surface area contributed by atoms with E-state index in [9.17, 15) is 32.1 Å². The highest BCUT2D eigenvalue weighted by Crippen LogP contribution is 2.44. The van der Waals surface area contributed by atoms with Crippen LogP contribution in [0.2, 0.25) is 0 Å². The second-order valence-corrected chi connectivity index (χ2v) is 9.73. The monoisotopic (exact) mass is 499 g/mol. The van der Waals surface area contributed by atoms with Crippen molar-refractivity contribution in [2.24, 2.45) is 0 Å². The van der Waals surface area contributed by atoms with Crippen molar-refractivity contribution in [1.82, 2.24) is 14.8 Å². The number of nitrogen functional groups attached to an aromatic ring is 1. The van der Waals surface area contributed by atoms with Crippen molar-refractivity contribution in [2.75, 3.05) is 16.9 Å². The van der Waals surface area contributed by atoms with Gasteiger partial charge < -0.3 is 5.73 Å². The third-order valence-electron chi connectivity index (χ3n) is 5.46. The van der Waals surface area contributed by atoms with Gasteiger partial charge in [0, 0.05) is 23.2 Å². The standard InChI is InChI=1S/C22H16F3N7O2S/c1-12-17(11-27)19(16-7-6-13(10-26)8-18(16)35(2,33)34)32-21(29-20(28)30-32)31(12)15-5-3-4-14(9-15)22(23,24)25/h3-9,19H,1-2H3,(H2,28,30)/t19-/m1/s1. The van der Waals surface area contributed by atoms with Gasteiger partial charge in [0.05, 0.1) is 33.7 Å². The maximum atomic E-state index is 13.4. The molecule has 0 amide bonds. The van der Waals surface area contributed by atoms with Crippen molar-refractivity contribution in [3.8, 4) is 12.1 Å². The van der Waals surface area contributed by atoms with Crippen molar-refractivity contribution in [2.45, 2.75) is 24.0 Å². The van der Waals surface area contributed by atoms with Crippen molar-refractivity contribution < 1.29 is 21.6 Å². The van der Waals surface area contributed by atoms with Crippen molar-refractivity contribution in [3.63, 3.8) is 0 Å². The molecular weight excluding hydrogens is 483 g/mol. The number of alkyl halides is 3. The fourth-order valence-corrected chi connectivity index (χ4v) is 4.91. The lowest BCUT2D eigenvalue weighted by atomic mass is 9.95. The van der Waals surface area contributed by atoms with Crippen LogP contribution in [0.5, 0.6) is 0 Å². The molecule has 0 saturated carbocycles. The lowest BCUT2D eigenvalue weighted by molar-refractivity contribution is -0.137. The minimum Gasteiger partial charge on any atom is -0.366 e. The summed E-state index contributed by atoms with van der Waals surface area (Å²) in [5, 5.41) is 23.4. The van der Waals surface area contributed by atoms with Crippen LogP contribution in [-0.4, -0.2) is 29.4 Å². The van der Waals surface area contributed by atoms with E-state index in [0.29, 0.717) is 0 Å². The number of sulfone groups is 1. The summed E-state index contributed by atoms with van der Waals surface area (Å²) in [5.74, 6) is -0.240. The third-order valence-corrected chi connectivity index (χ3v) is 6.61. The first-order valence-electron chi connectivity index (χ1n) is 9.91. The van der Waals surface area contributed by atoms with E-state index in [4.69, 9.17) is 5.73 Å². The van der Waals surface area contributed by atoms with Gasteiger partial charge in [0.2, 0.25) is 11.9 Å². The van der Waals surface area contributed by atoms with Crippen molar-refractivity contribution >= 4 is 27.4 Å². The number of aromatic nitrogens is 3. The Balaban J connectivity index is 2.02. The van der Waals surface area contributed by atoms with Crippen LogP contribution in [0.4, 0.5) is 30.8 Å². The molecule has 1 atom stereocenters. The number of hydrogen-bond donors (Lipinski definition) is 1. The predicted octanol–water partition coefficient (Wildman–Crippen LogP) is 3.69. The number of anilines is 3. The van der Waals surface area contributed by atoms with Gasteiger partial charge in [0.1, 0.15) is 6.04 Å². The zero-order valence-corrected chi connectivity index (χ0v) is 19.1. The largest absolute Gasteiger partial charge is 0.416 e. The summed E-state index contributed by atoms with van der Waals surface area (Å²) in [6.07, 6.45) is -3.65. The Morgan fingerprint density at radius 2 is 1.83 bits per heavy atom. The third kappa shape index (κ3) is 4.06. The molecule has 2 heterocycles. The molecule has 0 fully saturated rings. The molecule has 1 aliphatic rings. The molecule has 0 aliphatic carbocycles. The Kier molecular flexibility index (Phi) is 5.53. The highest BCUT2D eigenvalue weighted by molar-refractivity contribution is 7.90. The highest BCUT2D eigenvalue weighted by Gasteiger charge is 2.38. The molecule has 13 heteroatoms. The van der Waals surface area contributed by atoms with Crippen LogP contribution in [0.15, 0.2) is 58.6 Å². The molecule has 0 spiro atoms. The maximum absolute atomic E-state index is 13.4. The first kappa shape index (κ1) is 23.8. The van der Waals surface area contributed by atoms with E-state index in [1.54, 1.807) is 0 Å². The molecule has 0 bridgehead atoms. The van der Waals surface area contributed by atoms with E-state index >= 15 is 0 Å². The molecule has 0 saturated heterocycles. The SMILES string of the molecule is CC1=C(C#N)[C@@H](c2ccc(C#N)cc2S(C)(=O)=O)n2nc(N)nc2N1c1cccc(C(F)(F)F)c1. The van der Waals surface area contributed by atoms with Crippen LogP contribution in [0.1, 0.15) is 29.7 Å². The lowest BCUT2D eigenvalue weighted by Gasteiger charge is -2.34. The van der Waals surface area contributed by atoms with E-state index in [-0.39, 0.29) is 44.9 Å². The van der Waals surface area contributed by atoms with E-state index in [1.165, 1.54) is 46.8 Å². The summed E-state index contributed by atoms with van der Waals surface area (Å²) in [4.78, 5) is 5.25. The van der Waals surface area contributed by atoms with Crippen LogP contribution < -0.4 is 10.6 Å². The molecule has 2 N–H and O–H groups in total. The van der Waals surface area contributed by atoms with Gasteiger partial charge in [-0.25, -0.2) is 13.1 Å². The smallest absolute Gasteiger partial charge is 0.366 e. The van der Waals surface area contributed by atoms with E-state index in [2.05, 4.69) is 10.1 Å². The van der Waals surface area contributed by atoms with E-state index < -0.39 is 27.6 Å². The second kappa shape index (κ2) is 8.14. The van der Waals surface area contributed by atoms with Gasteiger partial charge in [0.15, 0.2) is 9.84 Å². The first-order chi connectivity index (χ1) is 16.4. The highest BCUT2D eigenvalue weighted by atomic mass is 32.2. The minimum atomic E-state index is -4.61. The topological polar surface area (TPSA) is 142 Å². The fourth-order valence-electron chi connectivity index (χ4n) is 3.96. The first-order valence-corrected chi connectivity index (χ1v) is 11.8. The Morgan fingerprint density at radius 1 is 1.11 bits per heavy atom. The van der Waals surface area contributed by atoms with Crippen LogP contribution in [0.25, 0.3) is 0 Å². The molecule has 0 unspecified atom stereocenters. The second-order valence-electron chi connectivity index (χ2n) is 7.75. The molecule has 2 aromatic carbocycles. The van der Waals surface area contributed by atoms with Crippen molar-refractivity contribution in [1.29, 1.82) is 10.5 Å². The number of hydrogen-bond acceptors (Lipinski definition) is 8. The fraction of sp³-hybridized carbons (Fsp3) is 0.182. The van der Waals surface area contributed by atoms with Gasteiger partial charge in [-0.15, -0.1) is 5.10 Å². The number of nitriles is 2. The normalized spacial score (nSPS) is 16.0. The Labute approximate surface area is 198 Å². The molecule has 9 nitrogen and oxygen atoms in total. The summed E-state index contributed by atoms with van der Waals surface area (Å²) in [6, 6.07) is 11.2.